The molecule has 4 heterocycles. The highest BCUT2D eigenvalue weighted by atomic mass is 16.7. The summed E-state index contributed by atoms with van der Waals surface area (Å²) in [6.07, 6.45) is -8.29. The van der Waals surface area contributed by atoms with E-state index in [4.69, 9.17) is 18.9 Å². The molecule has 3 N–H and O–H groups in total. The van der Waals surface area contributed by atoms with Crippen LogP contribution < -0.4 is 0 Å². The van der Waals surface area contributed by atoms with E-state index in [9.17, 15) is 29.7 Å². The van der Waals surface area contributed by atoms with Gasteiger partial charge in [0.1, 0.15) is 18.3 Å². The normalized spacial score (nSPS) is 60.1. The summed E-state index contributed by atoms with van der Waals surface area (Å²) in [6.45, 7) is 7.05. The molecule has 0 amide bonds. The van der Waals surface area contributed by atoms with Gasteiger partial charge in [-0.1, -0.05) is 27.7 Å². The summed E-state index contributed by atoms with van der Waals surface area (Å²) in [5.41, 5.74) is -5.96. The third kappa shape index (κ3) is 1.40. The number of carbonyl (C=O) groups is 3. The maximum absolute atomic E-state index is 13.3. The van der Waals surface area contributed by atoms with Gasteiger partial charge in [0, 0.05) is 5.92 Å². The average molecular weight is 424 g/mol. The Morgan fingerprint density at radius 2 is 1.63 bits per heavy atom. The monoisotopic (exact) mass is 424 g/mol. The molecule has 0 radical (unpaired) electrons. The summed E-state index contributed by atoms with van der Waals surface area (Å²) in [7, 11) is 0. The third-order valence-electron chi connectivity index (χ3n) is 8.76. The zero-order valence-corrected chi connectivity index (χ0v) is 16.9. The van der Waals surface area contributed by atoms with Crippen molar-refractivity contribution in [3.8, 4) is 0 Å². The van der Waals surface area contributed by atoms with Crippen molar-refractivity contribution in [1.29, 1.82) is 0 Å². The summed E-state index contributed by atoms with van der Waals surface area (Å²) >= 11 is 0. The molecule has 0 aromatic carbocycles. The second kappa shape index (κ2) is 4.85. The first kappa shape index (κ1) is 19.0. The fourth-order valence-electron chi connectivity index (χ4n) is 8.28. The van der Waals surface area contributed by atoms with Crippen LogP contribution in [-0.2, 0) is 33.3 Å². The number of rotatable bonds is 0. The molecule has 164 valence electrons. The van der Waals surface area contributed by atoms with Crippen molar-refractivity contribution >= 4 is 17.9 Å². The smallest absolute Gasteiger partial charge is 0.340 e. The molecule has 10 nitrogen and oxygen atoms in total. The van der Waals surface area contributed by atoms with Gasteiger partial charge in [-0.15, -0.1) is 0 Å². The lowest BCUT2D eigenvalue weighted by Crippen LogP contribution is -2.63. The maximum atomic E-state index is 13.3. The van der Waals surface area contributed by atoms with Crippen LogP contribution in [0.4, 0.5) is 0 Å². The van der Waals surface area contributed by atoms with Crippen LogP contribution in [0.15, 0.2) is 0 Å². The van der Waals surface area contributed by atoms with Crippen molar-refractivity contribution in [3.05, 3.63) is 0 Å². The van der Waals surface area contributed by atoms with Crippen molar-refractivity contribution in [2.45, 2.75) is 70.1 Å². The molecule has 0 bridgehead atoms. The van der Waals surface area contributed by atoms with Gasteiger partial charge in [-0.2, -0.15) is 0 Å². The third-order valence-corrected chi connectivity index (χ3v) is 8.76. The molecule has 2 spiro atoms. The highest BCUT2D eigenvalue weighted by Gasteiger charge is 3.01. The topological polar surface area (TPSA) is 149 Å². The number of aliphatic hydroxyl groups is 3. The van der Waals surface area contributed by atoms with E-state index in [0.29, 0.717) is 0 Å². The Balaban J connectivity index is 1.71. The van der Waals surface area contributed by atoms with E-state index in [1.807, 2.05) is 20.8 Å². The molecular weight excluding hydrogens is 400 g/mol. The van der Waals surface area contributed by atoms with E-state index in [1.54, 1.807) is 6.92 Å². The number of hydrogen-bond acceptors (Lipinski definition) is 10. The Hall–Kier alpha value is -1.75. The lowest BCUT2D eigenvalue weighted by atomic mass is 9.51. The van der Waals surface area contributed by atoms with Crippen LogP contribution in [0.2, 0.25) is 0 Å². The summed E-state index contributed by atoms with van der Waals surface area (Å²) in [5.74, 6) is -4.90. The lowest BCUT2D eigenvalue weighted by molar-refractivity contribution is -0.208. The Bertz CT molecular complexity index is 910. The Kier molecular flexibility index (Phi) is 3.06. The predicted molar refractivity (Wildman–Crippen MR) is 91.9 cm³/mol. The molecule has 2 aliphatic carbocycles. The first-order valence-electron chi connectivity index (χ1n) is 10.2. The minimum absolute atomic E-state index is 0.581. The summed E-state index contributed by atoms with van der Waals surface area (Å²) < 4.78 is 22.7. The molecule has 4 saturated heterocycles. The van der Waals surface area contributed by atoms with Crippen molar-refractivity contribution in [2.24, 2.45) is 34.0 Å². The van der Waals surface area contributed by atoms with Crippen molar-refractivity contribution in [1.82, 2.24) is 0 Å². The number of esters is 3. The molecule has 30 heavy (non-hydrogen) atoms. The van der Waals surface area contributed by atoms with Gasteiger partial charge in [-0.25, -0.2) is 9.59 Å². The second-order valence-electron chi connectivity index (χ2n) is 10.6. The van der Waals surface area contributed by atoms with Gasteiger partial charge in [0.2, 0.25) is 6.29 Å². The van der Waals surface area contributed by atoms with Gasteiger partial charge in [-0.05, 0) is 5.41 Å². The molecule has 4 aliphatic heterocycles. The van der Waals surface area contributed by atoms with Gasteiger partial charge in [0.25, 0.3) is 0 Å². The number of fused-ring (bicyclic) bond motifs is 1. The fraction of sp³-hybridized carbons (Fsp3) is 0.850. The van der Waals surface area contributed by atoms with Crippen LogP contribution in [0.1, 0.15) is 27.7 Å². The standard InChI is InChI=1S/C20H24O10/c1-5-6-8(27-13(5)24)10(22)19-12-7(21)9(17(2,3)4)18(19)11(23)14(25)29-16(18)30-20(6,19)15(26)28-12/h5-12,16,21-23H,1-4H3/t5?,6?,7-,8-,9?,10-,11+,12-,16+,18?,19-,20-/m1/s1. The molecule has 6 rings (SSSR count). The van der Waals surface area contributed by atoms with Gasteiger partial charge in [-0.3, -0.25) is 4.79 Å². The van der Waals surface area contributed by atoms with E-state index in [0.717, 1.165) is 0 Å². The van der Waals surface area contributed by atoms with Gasteiger partial charge in [0.05, 0.1) is 28.8 Å². The fourth-order valence-corrected chi connectivity index (χ4v) is 8.28. The minimum Gasteiger partial charge on any atom is -0.459 e. The quantitative estimate of drug-likeness (QED) is 0.309. The zero-order valence-electron chi connectivity index (χ0n) is 16.9. The van der Waals surface area contributed by atoms with E-state index in [-0.39, 0.29) is 0 Å². The van der Waals surface area contributed by atoms with Crippen molar-refractivity contribution in [3.63, 3.8) is 0 Å². The molecule has 0 aromatic heterocycles. The number of aliphatic hydroxyl groups excluding tert-OH is 3. The van der Waals surface area contributed by atoms with Crippen molar-refractivity contribution < 1.29 is 48.7 Å². The van der Waals surface area contributed by atoms with E-state index in [2.05, 4.69) is 0 Å². The first-order valence-corrected chi connectivity index (χ1v) is 10.2. The summed E-state index contributed by atoms with van der Waals surface area (Å²) in [6, 6.07) is 0. The van der Waals surface area contributed by atoms with Crippen LogP contribution >= 0.6 is 0 Å². The molecule has 0 aromatic rings. The highest BCUT2D eigenvalue weighted by molar-refractivity contribution is 5.92. The maximum Gasteiger partial charge on any atom is 0.340 e. The van der Waals surface area contributed by atoms with E-state index in [1.165, 1.54) is 0 Å². The Morgan fingerprint density at radius 3 is 2.27 bits per heavy atom. The molecule has 12 atom stereocenters. The summed E-state index contributed by atoms with van der Waals surface area (Å²) in [5, 5.41) is 34.2. The van der Waals surface area contributed by atoms with Crippen molar-refractivity contribution in [2.75, 3.05) is 0 Å². The molecule has 2 saturated carbocycles. The molecule has 10 heteroatoms. The van der Waals surface area contributed by atoms with Crippen LogP contribution in [0.5, 0.6) is 0 Å². The largest absolute Gasteiger partial charge is 0.459 e. The average Bonchev–Trinajstić information content (AvgIpc) is 3.34. The predicted octanol–water partition coefficient (Wildman–Crippen LogP) is -1.51. The van der Waals surface area contributed by atoms with Crippen LogP contribution in [-0.4, -0.2) is 75.6 Å². The van der Waals surface area contributed by atoms with E-state index >= 15 is 0 Å². The summed E-state index contributed by atoms with van der Waals surface area (Å²) in [4.78, 5) is 38.2. The molecule has 4 unspecified atom stereocenters. The van der Waals surface area contributed by atoms with Crippen LogP contribution in [0.3, 0.4) is 0 Å². The second-order valence-corrected chi connectivity index (χ2v) is 10.6. The van der Waals surface area contributed by atoms with E-state index < -0.39 is 94.3 Å². The molecule has 6 fully saturated rings. The minimum atomic E-state index is -1.89. The number of ether oxygens (including phenoxy) is 4. The van der Waals surface area contributed by atoms with Gasteiger partial charge in [0.15, 0.2) is 11.7 Å². The van der Waals surface area contributed by atoms with Crippen LogP contribution in [0, 0.1) is 34.0 Å². The number of hydrogen-bond donors (Lipinski definition) is 3. The van der Waals surface area contributed by atoms with Gasteiger partial charge < -0.3 is 34.3 Å². The first-order chi connectivity index (χ1) is 13.9. The SMILES string of the molecule is CC1C(=O)O[C@@H]2C1[C@@]13O[C@@H]4OC(=O)[C@H](O)C45C(C(C)(C)C)[C@@H](O)[C@@H](OC1=O)[C@]53[C@@H]2O. The molecule has 6 aliphatic rings. The lowest BCUT2D eigenvalue weighted by Gasteiger charge is -2.47. The Labute approximate surface area is 171 Å². The zero-order chi connectivity index (χ0) is 21.8. The Morgan fingerprint density at radius 1 is 0.967 bits per heavy atom. The van der Waals surface area contributed by atoms with Crippen LogP contribution in [0.25, 0.3) is 0 Å². The highest BCUT2D eigenvalue weighted by Crippen LogP contribution is 2.83. The number of carbonyl (C=O) groups excluding carboxylic acids is 3. The van der Waals surface area contributed by atoms with Gasteiger partial charge >= 0.3 is 17.9 Å². The molecular formula is C20H24O10.